The summed E-state index contributed by atoms with van der Waals surface area (Å²) in [7, 11) is -3.68. The van der Waals surface area contributed by atoms with E-state index in [4.69, 9.17) is 4.42 Å². The van der Waals surface area contributed by atoms with E-state index in [1.54, 1.807) is 36.6 Å². The van der Waals surface area contributed by atoms with Crippen LogP contribution in [-0.4, -0.2) is 8.42 Å². The molecule has 0 saturated carbocycles. The Hall–Kier alpha value is -2.93. The van der Waals surface area contributed by atoms with Gasteiger partial charge in [-0.15, -0.1) is 0 Å². The molecule has 1 aliphatic rings. The molecule has 0 amide bonds. The number of hydrogen-bond donors (Lipinski definition) is 2. The van der Waals surface area contributed by atoms with E-state index in [9.17, 15) is 8.42 Å². The number of hydrogen-bond acceptors (Lipinski definition) is 4. The van der Waals surface area contributed by atoms with Crippen LogP contribution in [0.15, 0.2) is 94.4 Å². The van der Waals surface area contributed by atoms with Crippen LogP contribution >= 0.6 is 0 Å². The Bertz CT molecular complexity index is 1250. The van der Waals surface area contributed by atoms with E-state index in [0.717, 1.165) is 27.7 Å². The highest BCUT2D eigenvalue weighted by Crippen LogP contribution is 2.44. The Kier molecular flexibility index (Phi) is 4.47. The molecule has 0 radical (unpaired) electrons. The molecule has 0 unspecified atom stereocenters. The second-order valence-corrected chi connectivity index (χ2v) is 8.86. The largest absolute Gasteiger partial charge is 0.468 e. The van der Waals surface area contributed by atoms with Crippen molar-refractivity contribution >= 4 is 20.8 Å². The monoisotopic (exact) mass is 404 g/mol. The molecule has 0 aliphatic heterocycles. The first-order valence-electron chi connectivity index (χ1n) is 9.48. The molecule has 0 bridgehead atoms. The molecule has 1 heterocycles. The fourth-order valence-electron chi connectivity index (χ4n) is 4.10. The summed E-state index contributed by atoms with van der Waals surface area (Å²) >= 11 is 0. The maximum Gasteiger partial charge on any atom is 0.241 e. The molecule has 146 valence electrons. The second kappa shape index (κ2) is 7.15. The number of nitrogens with one attached hydrogen (secondary N) is 2. The third kappa shape index (κ3) is 3.25. The zero-order chi connectivity index (χ0) is 19.8. The third-order valence-corrected chi connectivity index (χ3v) is 6.84. The molecule has 1 aliphatic carbocycles. The Morgan fingerprint density at radius 2 is 1.52 bits per heavy atom. The summed E-state index contributed by atoms with van der Waals surface area (Å²) in [5.41, 5.74) is 2.07. The van der Waals surface area contributed by atoms with Gasteiger partial charge in [0, 0.05) is 0 Å². The molecule has 0 saturated heterocycles. The smallest absolute Gasteiger partial charge is 0.241 e. The van der Waals surface area contributed by atoms with Gasteiger partial charge in [0.25, 0.3) is 0 Å². The summed E-state index contributed by atoms with van der Waals surface area (Å²) in [6.07, 6.45) is 1.64. The molecule has 5 nitrogen and oxygen atoms in total. The summed E-state index contributed by atoms with van der Waals surface area (Å²) in [5, 5.41) is 5.70. The van der Waals surface area contributed by atoms with Crippen molar-refractivity contribution in [1.29, 1.82) is 0 Å². The molecule has 6 heteroatoms. The predicted molar refractivity (Wildman–Crippen MR) is 112 cm³/mol. The maximum atomic E-state index is 13.1. The molecule has 29 heavy (non-hydrogen) atoms. The highest BCUT2D eigenvalue weighted by Gasteiger charge is 2.37. The van der Waals surface area contributed by atoms with Crippen molar-refractivity contribution in [2.24, 2.45) is 0 Å². The lowest BCUT2D eigenvalue weighted by atomic mass is 10.0. The minimum Gasteiger partial charge on any atom is -0.468 e. The lowest BCUT2D eigenvalue weighted by Crippen LogP contribution is -2.36. The van der Waals surface area contributed by atoms with Crippen LogP contribution in [0.4, 0.5) is 0 Å². The number of rotatable bonds is 6. The Labute approximate surface area is 169 Å². The van der Waals surface area contributed by atoms with Gasteiger partial charge in [-0.2, -0.15) is 0 Å². The van der Waals surface area contributed by atoms with Gasteiger partial charge < -0.3 is 9.73 Å². The van der Waals surface area contributed by atoms with Crippen molar-refractivity contribution in [3.05, 3.63) is 102 Å². The van der Waals surface area contributed by atoms with E-state index in [-0.39, 0.29) is 10.9 Å². The molecule has 3 aromatic carbocycles. The van der Waals surface area contributed by atoms with Gasteiger partial charge in [0.2, 0.25) is 10.0 Å². The topological polar surface area (TPSA) is 71.3 Å². The average Bonchev–Trinajstić information content (AvgIpc) is 3.36. The molecular weight excluding hydrogens is 384 g/mol. The van der Waals surface area contributed by atoms with Crippen molar-refractivity contribution in [2.45, 2.75) is 23.5 Å². The zero-order valence-electron chi connectivity index (χ0n) is 15.6. The van der Waals surface area contributed by atoms with Gasteiger partial charge in [-0.1, -0.05) is 54.6 Å². The van der Waals surface area contributed by atoms with Crippen LogP contribution in [0.25, 0.3) is 10.8 Å². The predicted octanol–water partition coefficient (Wildman–Crippen LogP) is 4.30. The van der Waals surface area contributed by atoms with Crippen LogP contribution in [-0.2, 0) is 16.6 Å². The first kappa shape index (κ1) is 18.1. The fraction of sp³-hybridized carbons (Fsp3) is 0.130. The zero-order valence-corrected chi connectivity index (χ0v) is 16.4. The quantitative estimate of drug-likeness (QED) is 0.503. The summed E-state index contributed by atoms with van der Waals surface area (Å²) in [5.74, 6) is 0.804. The van der Waals surface area contributed by atoms with E-state index in [1.165, 1.54) is 0 Å². The molecule has 4 aromatic rings. The summed E-state index contributed by atoms with van der Waals surface area (Å²) in [6, 6.07) is 23.7. The number of furan rings is 1. The number of benzene rings is 3. The van der Waals surface area contributed by atoms with Gasteiger partial charge in [-0.3, -0.25) is 0 Å². The highest BCUT2D eigenvalue weighted by atomic mass is 32.2. The summed E-state index contributed by atoms with van der Waals surface area (Å²) < 4.78 is 34.5. The molecule has 0 fully saturated rings. The van der Waals surface area contributed by atoms with Gasteiger partial charge in [-0.25, -0.2) is 13.1 Å². The van der Waals surface area contributed by atoms with Crippen molar-refractivity contribution < 1.29 is 12.8 Å². The lowest BCUT2D eigenvalue weighted by molar-refractivity contribution is 0.405. The van der Waals surface area contributed by atoms with Crippen LogP contribution in [0.3, 0.4) is 0 Å². The SMILES string of the molecule is O=S(=O)(N[C@H]1c2cccc3cccc(c23)[C@@H]1NCc1ccco1)c1ccccc1. The lowest BCUT2D eigenvalue weighted by Gasteiger charge is -2.24. The van der Waals surface area contributed by atoms with E-state index >= 15 is 0 Å². The van der Waals surface area contributed by atoms with Crippen LogP contribution in [0, 0.1) is 0 Å². The van der Waals surface area contributed by atoms with E-state index in [1.807, 2.05) is 30.3 Å². The molecule has 1 aromatic heterocycles. The van der Waals surface area contributed by atoms with Crippen molar-refractivity contribution in [1.82, 2.24) is 10.0 Å². The molecule has 2 atom stereocenters. The molecular formula is C23H20N2O3S. The Morgan fingerprint density at radius 1 is 0.793 bits per heavy atom. The summed E-state index contributed by atoms with van der Waals surface area (Å²) in [6.45, 7) is 0.506. The number of sulfonamides is 1. The van der Waals surface area contributed by atoms with Crippen LogP contribution in [0.5, 0.6) is 0 Å². The van der Waals surface area contributed by atoms with Gasteiger partial charge in [0.05, 0.1) is 29.8 Å². The van der Waals surface area contributed by atoms with Gasteiger partial charge in [0.15, 0.2) is 0 Å². The van der Waals surface area contributed by atoms with Gasteiger partial charge >= 0.3 is 0 Å². The Balaban J connectivity index is 1.55. The normalized spacial score (nSPS) is 18.3. The fourth-order valence-corrected chi connectivity index (χ4v) is 5.34. The first-order valence-corrected chi connectivity index (χ1v) is 11.0. The van der Waals surface area contributed by atoms with Crippen LogP contribution < -0.4 is 10.0 Å². The van der Waals surface area contributed by atoms with Crippen LogP contribution in [0.2, 0.25) is 0 Å². The first-order chi connectivity index (χ1) is 14.1. The van der Waals surface area contributed by atoms with Crippen LogP contribution in [0.1, 0.15) is 29.0 Å². The molecule has 5 rings (SSSR count). The minimum atomic E-state index is -3.68. The van der Waals surface area contributed by atoms with Crippen molar-refractivity contribution in [2.75, 3.05) is 0 Å². The van der Waals surface area contributed by atoms with Gasteiger partial charge in [0.1, 0.15) is 5.76 Å². The minimum absolute atomic E-state index is 0.209. The van der Waals surface area contributed by atoms with Crippen molar-refractivity contribution in [3.63, 3.8) is 0 Å². The van der Waals surface area contributed by atoms with Crippen molar-refractivity contribution in [3.8, 4) is 0 Å². The third-order valence-electron chi connectivity index (χ3n) is 5.38. The standard InChI is InChI=1S/C23H20N2O3S/c26-29(27,18-10-2-1-3-11-18)25-23-20-13-5-8-16-7-4-12-19(21(16)20)22(23)24-15-17-9-6-14-28-17/h1-14,22-25H,15H2/t22-,23-/m0/s1. The second-order valence-electron chi connectivity index (χ2n) is 7.14. The Morgan fingerprint density at radius 3 is 2.21 bits per heavy atom. The molecule has 0 spiro atoms. The van der Waals surface area contributed by atoms with E-state index in [0.29, 0.717) is 6.54 Å². The average molecular weight is 404 g/mol. The maximum absolute atomic E-state index is 13.1. The van der Waals surface area contributed by atoms with E-state index in [2.05, 4.69) is 28.2 Å². The van der Waals surface area contributed by atoms with Gasteiger partial charge in [-0.05, 0) is 46.2 Å². The summed E-state index contributed by atoms with van der Waals surface area (Å²) in [4.78, 5) is 0.257. The molecule has 2 N–H and O–H groups in total. The highest BCUT2D eigenvalue weighted by molar-refractivity contribution is 7.89. The van der Waals surface area contributed by atoms with E-state index < -0.39 is 16.1 Å².